The van der Waals surface area contributed by atoms with Gasteiger partial charge in [0.25, 0.3) is 0 Å². The number of fused-ring (bicyclic) bond motifs is 4. The number of hydrogen-bond donors (Lipinski definition) is 0. The van der Waals surface area contributed by atoms with Crippen molar-refractivity contribution in [3.8, 4) is 0 Å². The maximum atomic E-state index is 13.0. The van der Waals surface area contributed by atoms with Gasteiger partial charge in [0.2, 0.25) is 5.91 Å². The highest BCUT2D eigenvalue weighted by Crippen LogP contribution is 2.35. The molecule has 2 atom stereocenters. The summed E-state index contributed by atoms with van der Waals surface area (Å²) >= 11 is 0. The average molecular weight is 342 g/mol. The van der Waals surface area contributed by atoms with Crippen LogP contribution in [0.15, 0.2) is 6.20 Å². The van der Waals surface area contributed by atoms with Crippen LogP contribution in [0.2, 0.25) is 0 Å². The second kappa shape index (κ2) is 6.93. The molecule has 2 bridgehead atoms. The van der Waals surface area contributed by atoms with Crippen molar-refractivity contribution in [2.24, 2.45) is 11.8 Å². The summed E-state index contributed by atoms with van der Waals surface area (Å²) in [6.45, 7) is 6.89. The van der Waals surface area contributed by atoms with Crippen LogP contribution in [-0.2, 0) is 11.2 Å². The minimum atomic E-state index is 0.142. The Bertz CT molecular complexity index is 643. The van der Waals surface area contributed by atoms with Gasteiger partial charge in [0.1, 0.15) is 11.6 Å². The molecule has 1 aromatic heterocycles. The number of anilines is 1. The van der Waals surface area contributed by atoms with E-state index >= 15 is 0 Å². The first-order chi connectivity index (χ1) is 12.2. The van der Waals surface area contributed by atoms with Crippen LogP contribution in [0.4, 0.5) is 5.82 Å². The molecule has 136 valence electrons. The third-order valence-electron chi connectivity index (χ3n) is 6.25. The van der Waals surface area contributed by atoms with Crippen molar-refractivity contribution in [3.05, 3.63) is 17.6 Å². The van der Waals surface area contributed by atoms with E-state index in [1.165, 1.54) is 24.8 Å². The van der Waals surface area contributed by atoms with Gasteiger partial charge in [-0.15, -0.1) is 0 Å². The van der Waals surface area contributed by atoms with Crippen LogP contribution in [0.25, 0.3) is 0 Å². The van der Waals surface area contributed by atoms with Gasteiger partial charge in [-0.1, -0.05) is 19.8 Å². The molecule has 1 saturated carbocycles. The van der Waals surface area contributed by atoms with Crippen molar-refractivity contribution >= 4 is 11.7 Å². The van der Waals surface area contributed by atoms with Crippen LogP contribution in [0.3, 0.4) is 0 Å². The van der Waals surface area contributed by atoms with Gasteiger partial charge in [-0.05, 0) is 44.9 Å². The number of carbonyl (C=O) groups excluding carboxylic acids is 1. The molecule has 0 N–H and O–H groups in total. The molecule has 3 saturated heterocycles. The largest absolute Gasteiger partial charge is 0.353 e. The Morgan fingerprint density at radius 3 is 2.76 bits per heavy atom. The average Bonchev–Trinajstić information content (AvgIpc) is 2.84. The molecule has 3 aliphatic heterocycles. The number of carbonyl (C=O) groups is 1. The summed E-state index contributed by atoms with van der Waals surface area (Å²) in [7, 11) is 0. The second-order valence-corrected chi connectivity index (χ2v) is 8.14. The third kappa shape index (κ3) is 3.25. The number of hydrogen-bond acceptors (Lipinski definition) is 4. The minimum Gasteiger partial charge on any atom is -0.353 e. The van der Waals surface area contributed by atoms with Crippen LogP contribution >= 0.6 is 0 Å². The quantitative estimate of drug-likeness (QED) is 0.825. The summed E-state index contributed by atoms with van der Waals surface area (Å²) in [5.74, 6) is 3.18. The van der Waals surface area contributed by atoms with Gasteiger partial charge in [-0.2, -0.15) is 0 Å². The monoisotopic (exact) mass is 342 g/mol. The molecular weight excluding hydrogens is 312 g/mol. The first-order valence-corrected chi connectivity index (χ1v) is 10.0. The predicted molar refractivity (Wildman–Crippen MR) is 98.5 cm³/mol. The lowest BCUT2D eigenvalue weighted by Gasteiger charge is -2.40. The summed E-state index contributed by atoms with van der Waals surface area (Å²) in [5.41, 5.74) is 1.23. The highest BCUT2D eigenvalue weighted by Gasteiger charge is 2.42. The summed E-state index contributed by atoms with van der Waals surface area (Å²) in [5, 5.41) is 0. The Hall–Kier alpha value is -1.65. The number of aryl methyl sites for hydroxylation is 2. The van der Waals surface area contributed by atoms with Gasteiger partial charge in [0, 0.05) is 37.4 Å². The summed E-state index contributed by atoms with van der Waals surface area (Å²) in [4.78, 5) is 26.8. The number of rotatable bonds is 5. The normalized spacial score (nSPS) is 26.7. The van der Waals surface area contributed by atoms with Crippen LogP contribution in [0.5, 0.6) is 0 Å². The Kier molecular flexibility index (Phi) is 4.65. The maximum Gasteiger partial charge on any atom is 0.227 e. The van der Waals surface area contributed by atoms with Crippen molar-refractivity contribution in [1.29, 1.82) is 0 Å². The molecule has 0 aromatic carbocycles. The molecule has 0 spiro atoms. The smallest absolute Gasteiger partial charge is 0.227 e. The molecule has 5 rings (SSSR count). The topological polar surface area (TPSA) is 49.3 Å². The molecule has 1 aromatic rings. The fraction of sp³-hybridized carbons (Fsp3) is 0.750. The van der Waals surface area contributed by atoms with Crippen molar-refractivity contribution in [1.82, 2.24) is 14.9 Å². The number of amides is 1. The summed E-state index contributed by atoms with van der Waals surface area (Å²) in [6.07, 6.45) is 10.2. The number of piperidine rings is 1. The van der Waals surface area contributed by atoms with E-state index in [2.05, 4.69) is 21.7 Å². The Balaban J connectivity index is 1.59. The van der Waals surface area contributed by atoms with Gasteiger partial charge in [0.15, 0.2) is 0 Å². The van der Waals surface area contributed by atoms with E-state index in [4.69, 9.17) is 4.98 Å². The lowest BCUT2D eigenvalue weighted by molar-refractivity contribution is -0.141. The lowest BCUT2D eigenvalue weighted by Crippen LogP contribution is -2.50. The van der Waals surface area contributed by atoms with Crippen LogP contribution in [0, 0.1) is 18.8 Å². The minimum absolute atomic E-state index is 0.142. The molecule has 4 aliphatic rings. The van der Waals surface area contributed by atoms with Crippen molar-refractivity contribution < 1.29 is 4.79 Å². The maximum absolute atomic E-state index is 13.0. The molecule has 0 radical (unpaired) electrons. The predicted octanol–water partition coefficient (Wildman–Crippen LogP) is 2.96. The van der Waals surface area contributed by atoms with Crippen molar-refractivity contribution in [2.75, 3.05) is 24.5 Å². The van der Waals surface area contributed by atoms with E-state index in [1.54, 1.807) is 0 Å². The molecule has 1 aliphatic carbocycles. The van der Waals surface area contributed by atoms with Crippen LogP contribution in [0.1, 0.15) is 56.8 Å². The van der Waals surface area contributed by atoms with Crippen molar-refractivity contribution in [2.45, 2.75) is 64.8 Å². The van der Waals surface area contributed by atoms with Gasteiger partial charge >= 0.3 is 0 Å². The third-order valence-corrected chi connectivity index (χ3v) is 6.25. The molecule has 5 nitrogen and oxygen atoms in total. The molecule has 0 unspecified atom stereocenters. The van der Waals surface area contributed by atoms with Gasteiger partial charge in [-0.3, -0.25) is 4.79 Å². The highest BCUT2D eigenvalue weighted by molar-refractivity contribution is 5.81. The fourth-order valence-corrected chi connectivity index (χ4v) is 4.61. The van der Waals surface area contributed by atoms with E-state index in [0.29, 0.717) is 11.9 Å². The fourth-order valence-electron chi connectivity index (χ4n) is 4.61. The van der Waals surface area contributed by atoms with E-state index in [0.717, 1.165) is 62.9 Å². The number of aromatic nitrogens is 2. The molecular formula is C20H30N4O. The van der Waals surface area contributed by atoms with Crippen LogP contribution < -0.4 is 4.90 Å². The second-order valence-electron chi connectivity index (χ2n) is 8.14. The van der Waals surface area contributed by atoms with Gasteiger partial charge in [-0.25, -0.2) is 9.97 Å². The summed E-state index contributed by atoms with van der Waals surface area (Å²) in [6, 6.07) is 0.358. The zero-order chi connectivity index (χ0) is 17.4. The standard InChI is InChI=1S/C20H30N4O/c1-3-5-16-10-21-14(2)22-19(16)23-12-17-8-9-18(13-23)24(20(17)25)11-15-6-4-7-15/h10,15,17-18H,3-9,11-13H2,1-2H3/t17-,18+/m0/s1. The zero-order valence-corrected chi connectivity index (χ0v) is 15.6. The van der Waals surface area contributed by atoms with Gasteiger partial charge < -0.3 is 9.80 Å². The Morgan fingerprint density at radius 1 is 1.20 bits per heavy atom. The molecule has 5 heteroatoms. The Labute approximate surface area is 150 Å². The first-order valence-electron chi connectivity index (χ1n) is 10.0. The van der Waals surface area contributed by atoms with Crippen LogP contribution in [-0.4, -0.2) is 46.5 Å². The van der Waals surface area contributed by atoms with E-state index in [9.17, 15) is 4.79 Å². The SMILES string of the molecule is CCCc1cnc(C)nc1N1C[C@@H]2CC[C@H](C1)N(CC1CCC1)C2=O. The van der Waals surface area contributed by atoms with E-state index in [1.807, 2.05) is 13.1 Å². The number of nitrogens with zero attached hydrogens (tertiary/aromatic N) is 4. The van der Waals surface area contributed by atoms with E-state index in [-0.39, 0.29) is 5.92 Å². The Morgan fingerprint density at radius 2 is 2.04 bits per heavy atom. The van der Waals surface area contributed by atoms with Crippen molar-refractivity contribution in [3.63, 3.8) is 0 Å². The summed E-state index contributed by atoms with van der Waals surface area (Å²) < 4.78 is 0. The first kappa shape index (κ1) is 16.8. The molecule has 4 fully saturated rings. The lowest BCUT2D eigenvalue weighted by atomic mass is 9.83. The molecule has 1 amide bonds. The van der Waals surface area contributed by atoms with Gasteiger partial charge in [0.05, 0.1) is 5.92 Å². The highest BCUT2D eigenvalue weighted by atomic mass is 16.2. The zero-order valence-electron chi connectivity index (χ0n) is 15.6. The molecule has 25 heavy (non-hydrogen) atoms. The molecule has 4 heterocycles. The van der Waals surface area contributed by atoms with E-state index < -0.39 is 0 Å².